The lowest BCUT2D eigenvalue weighted by atomic mass is 10.1. The fraction of sp³-hybridized carbons (Fsp3) is 0.158. The first-order chi connectivity index (χ1) is 13.1. The summed E-state index contributed by atoms with van der Waals surface area (Å²) in [5.74, 6) is 0.323. The van der Waals surface area contributed by atoms with Crippen LogP contribution in [0.25, 0.3) is 17.5 Å². The SMILES string of the molecule is CCc1ccc(-c2noc(CN3C(=O)S/C(=C\c4cccs4)C3=O)n2)cc1. The largest absolute Gasteiger partial charge is 0.337 e. The molecule has 0 radical (unpaired) electrons. The van der Waals surface area contributed by atoms with Gasteiger partial charge in [-0.25, -0.2) is 0 Å². The van der Waals surface area contributed by atoms with Crippen molar-refractivity contribution in [3.8, 4) is 11.4 Å². The Hall–Kier alpha value is -2.71. The zero-order valence-corrected chi connectivity index (χ0v) is 16.0. The van der Waals surface area contributed by atoms with Crippen LogP contribution in [0, 0.1) is 0 Å². The van der Waals surface area contributed by atoms with E-state index in [1.54, 1.807) is 6.08 Å². The molecule has 3 aromatic rings. The second-order valence-electron chi connectivity index (χ2n) is 5.85. The van der Waals surface area contributed by atoms with Crippen molar-refractivity contribution in [3.63, 3.8) is 0 Å². The Balaban J connectivity index is 1.50. The number of aromatic nitrogens is 2. The van der Waals surface area contributed by atoms with Crippen LogP contribution in [0.15, 0.2) is 51.2 Å². The highest BCUT2D eigenvalue weighted by molar-refractivity contribution is 8.18. The monoisotopic (exact) mass is 397 g/mol. The van der Waals surface area contributed by atoms with E-state index in [2.05, 4.69) is 17.1 Å². The fourth-order valence-electron chi connectivity index (χ4n) is 2.60. The summed E-state index contributed by atoms with van der Waals surface area (Å²) >= 11 is 2.43. The zero-order chi connectivity index (χ0) is 18.8. The van der Waals surface area contributed by atoms with Gasteiger partial charge in [0.05, 0.1) is 4.91 Å². The molecule has 6 nitrogen and oxygen atoms in total. The Bertz CT molecular complexity index is 1010. The highest BCUT2D eigenvalue weighted by atomic mass is 32.2. The molecule has 0 bridgehead atoms. The van der Waals surface area contributed by atoms with Gasteiger partial charge in [0.1, 0.15) is 6.54 Å². The molecule has 27 heavy (non-hydrogen) atoms. The van der Waals surface area contributed by atoms with Gasteiger partial charge in [0.15, 0.2) is 0 Å². The van der Waals surface area contributed by atoms with Crippen molar-refractivity contribution in [2.45, 2.75) is 19.9 Å². The number of hydrogen-bond acceptors (Lipinski definition) is 7. The minimum absolute atomic E-state index is 0.0352. The maximum atomic E-state index is 12.5. The number of carbonyl (C=O) groups excluding carboxylic acids is 2. The predicted octanol–water partition coefficient (Wildman–Crippen LogP) is 4.60. The number of benzene rings is 1. The molecule has 1 aromatic carbocycles. The second kappa shape index (κ2) is 7.50. The standard InChI is InChI=1S/C19H15N3O3S2/c1-2-12-5-7-13(8-6-12)17-20-16(25-21-17)11-22-18(23)15(27-19(22)24)10-14-4-3-9-26-14/h3-10H,2,11H2,1H3/b15-10-. The van der Waals surface area contributed by atoms with E-state index in [0.717, 1.165) is 33.5 Å². The summed E-state index contributed by atoms with van der Waals surface area (Å²) in [4.78, 5) is 31.5. The molecule has 2 amide bonds. The molecule has 2 aromatic heterocycles. The number of imide groups is 1. The third-order valence-corrected chi connectivity index (χ3v) is 5.80. The third-order valence-electron chi connectivity index (χ3n) is 4.07. The van der Waals surface area contributed by atoms with Crippen LogP contribution in [0.2, 0.25) is 0 Å². The van der Waals surface area contributed by atoms with Gasteiger partial charge < -0.3 is 4.52 Å². The highest BCUT2D eigenvalue weighted by Gasteiger charge is 2.36. The maximum absolute atomic E-state index is 12.5. The van der Waals surface area contributed by atoms with Gasteiger partial charge in [-0.1, -0.05) is 42.4 Å². The molecule has 4 rings (SSSR count). The lowest BCUT2D eigenvalue weighted by Crippen LogP contribution is -2.27. The quantitative estimate of drug-likeness (QED) is 0.586. The van der Waals surface area contributed by atoms with Gasteiger partial charge in [-0.15, -0.1) is 11.3 Å². The summed E-state index contributed by atoms with van der Waals surface area (Å²) < 4.78 is 5.24. The zero-order valence-electron chi connectivity index (χ0n) is 14.4. The molecule has 3 heterocycles. The van der Waals surface area contributed by atoms with Crippen molar-refractivity contribution in [2.24, 2.45) is 0 Å². The fourth-order valence-corrected chi connectivity index (χ4v) is 4.16. The summed E-state index contributed by atoms with van der Waals surface area (Å²) in [6, 6.07) is 11.7. The van der Waals surface area contributed by atoms with Crippen molar-refractivity contribution >= 4 is 40.3 Å². The molecule has 0 saturated carbocycles. The number of thiophene rings is 1. The van der Waals surface area contributed by atoms with Crippen LogP contribution >= 0.6 is 23.1 Å². The van der Waals surface area contributed by atoms with E-state index in [0.29, 0.717) is 10.7 Å². The summed E-state index contributed by atoms with van der Waals surface area (Å²) in [5, 5.41) is 5.54. The first kappa shape index (κ1) is 17.7. The number of thioether (sulfide) groups is 1. The Morgan fingerprint density at radius 2 is 2.00 bits per heavy atom. The molecular formula is C19H15N3O3S2. The molecular weight excluding hydrogens is 382 g/mol. The Morgan fingerprint density at radius 3 is 2.70 bits per heavy atom. The minimum atomic E-state index is -0.342. The van der Waals surface area contributed by atoms with E-state index in [4.69, 9.17) is 4.52 Å². The lowest BCUT2D eigenvalue weighted by molar-refractivity contribution is -0.123. The number of amides is 2. The number of nitrogens with zero attached hydrogens (tertiary/aromatic N) is 3. The van der Waals surface area contributed by atoms with Crippen molar-refractivity contribution in [1.82, 2.24) is 15.0 Å². The van der Waals surface area contributed by atoms with E-state index < -0.39 is 0 Å². The van der Waals surface area contributed by atoms with E-state index in [-0.39, 0.29) is 23.6 Å². The van der Waals surface area contributed by atoms with Crippen molar-refractivity contribution in [3.05, 3.63) is 63.0 Å². The molecule has 8 heteroatoms. The van der Waals surface area contributed by atoms with Crippen molar-refractivity contribution in [1.29, 1.82) is 0 Å². The molecule has 0 atom stereocenters. The molecule has 0 N–H and O–H groups in total. The average Bonchev–Trinajstić information content (AvgIpc) is 3.41. The maximum Gasteiger partial charge on any atom is 0.294 e. The molecule has 136 valence electrons. The van der Waals surface area contributed by atoms with Crippen LogP contribution in [0.4, 0.5) is 4.79 Å². The topological polar surface area (TPSA) is 76.3 Å². The van der Waals surface area contributed by atoms with Crippen LogP contribution in [-0.2, 0) is 17.8 Å². The summed E-state index contributed by atoms with van der Waals surface area (Å²) in [6.45, 7) is 2.05. The van der Waals surface area contributed by atoms with Gasteiger partial charge in [0.25, 0.3) is 11.1 Å². The van der Waals surface area contributed by atoms with Gasteiger partial charge in [0.2, 0.25) is 11.7 Å². The Morgan fingerprint density at radius 1 is 1.19 bits per heavy atom. The van der Waals surface area contributed by atoms with E-state index >= 15 is 0 Å². The molecule has 0 spiro atoms. The minimum Gasteiger partial charge on any atom is -0.337 e. The third kappa shape index (κ3) is 3.72. The smallest absolute Gasteiger partial charge is 0.294 e. The van der Waals surface area contributed by atoms with Crippen LogP contribution in [0.3, 0.4) is 0 Å². The van der Waals surface area contributed by atoms with Crippen molar-refractivity contribution < 1.29 is 14.1 Å². The van der Waals surface area contributed by atoms with Gasteiger partial charge in [-0.3, -0.25) is 14.5 Å². The first-order valence-corrected chi connectivity index (χ1v) is 10.0. The van der Waals surface area contributed by atoms with E-state index in [1.165, 1.54) is 16.9 Å². The van der Waals surface area contributed by atoms with Gasteiger partial charge >= 0.3 is 0 Å². The van der Waals surface area contributed by atoms with Gasteiger partial charge in [-0.2, -0.15) is 4.98 Å². The number of hydrogen-bond donors (Lipinski definition) is 0. The summed E-state index contributed by atoms with van der Waals surface area (Å²) in [5.41, 5.74) is 2.05. The molecule has 0 unspecified atom stereocenters. The Kier molecular flexibility index (Phi) is 4.91. The van der Waals surface area contributed by atoms with E-state index in [9.17, 15) is 9.59 Å². The lowest BCUT2D eigenvalue weighted by Gasteiger charge is -2.08. The van der Waals surface area contributed by atoms with E-state index in [1.807, 2.05) is 41.8 Å². The normalized spacial score (nSPS) is 15.9. The average molecular weight is 397 g/mol. The highest BCUT2D eigenvalue weighted by Crippen LogP contribution is 2.34. The second-order valence-corrected chi connectivity index (χ2v) is 7.82. The van der Waals surface area contributed by atoms with Gasteiger partial charge in [-0.05, 0) is 41.3 Å². The van der Waals surface area contributed by atoms with Crippen LogP contribution in [0.5, 0.6) is 0 Å². The van der Waals surface area contributed by atoms with Crippen LogP contribution < -0.4 is 0 Å². The summed E-state index contributed by atoms with van der Waals surface area (Å²) in [7, 11) is 0. The molecule has 1 aliphatic rings. The van der Waals surface area contributed by atoms with Crippen LogP contribution in [0.1, 0.15) is 23.3 Å². The summed E-state index contributed by atoms with van der Waals surface area (Å²) in [6.07, 6.45) is 2.68. The Labute approximate surface area is 163 Å². The number of carbonyl (C=O) groups is 2. The van der Waals surface area contributed by atoms with Crippen LogP contribution in [-0.4, -0.2) is 26.2 Å². The number of aryl methyl sites for hydroxylation is 1. The number of rotatable bonds is 5. The van der Waals surface area contributed by atoms with Crippen molar-refractivity contribution in [2.75, 3.05) is 0 Å². The van der Waals surface area contributed by atoms with Gasteiger partial charge in [0, 0.05) is 10.4 Å². The molecule has 1 aliphatic heterocycles. The molecule has 1 fully saturated rings. The molecule has 0 aliphatic carbocycles. The predicted molar refractivity (Wildman–Crippen MR) is 105 cm³/mol. The molecule has 1 saturated heterocycles. The first-order valence-electron chi connectivity index (χ1n) is 8.35.